The quantitative estimate of drug-likeness (QED) is 0.383. The zero-order valence-corrected chi connectivity index (χ0v) is 12.6. The maximum absolute atomic E-state index is 12.1. The monoisotopic (exact) mass is 318 g/mol. The summed E-state index contributed by atoms with van der Waals surface area (Å²) >= 11 is 5.81. The molecule has 0 radical (unpaired) electrons. The summed E-state index contributed by atoms with van der Waals surface area (Å²) in [5.41, 5.74) is 2.54. The molecule has 1 aliphatic heterocycles. The molecule has 1 amide bonds. The van der Waals surface area contributed by atoms with Gasteiger partial charge in [0.1, 0.15) is 0 Å². The van der Waals surface area contributed by atoms with Crippen LogP contribution in [0.4, 0.5) is 11.4 Å². The number of non-ortho nitro benzene ring substituents is 1. The number of hydrogen-bond acceptors (Lipinski definition) is 5. The fourth-order valence-corrected chi connectivity index (χ4v) is 3.37. The Labute approximate surface area is 129 Å². The van der Waals surface area contributed by atoms with E-state index in [1.54, 1.807) is 12.1 Å². The lowest BCUT2D eigenvalue weighted by molar-refractivity contribution is -0.384. The van der Waals surface area contributed by atoms with E-state index in [1.807, 2.05) is 12.3 Å². The van der Waals surface area contributed by atoms with E-state index >= 15 is 0 Å². The van der Waals surface area contributed by atoms with Gasteiger partial charge < -0.3 is 5.32 Å². The smallest absolute Gasteiger partial charge is 0.270 e. The van der Waals surface area contributed by atoms with Crippen LogP contribution in [-0.4, -0.2) is 10.8 Å². The van der Waals surface area contributed by atoms with Gasteiger partial charge in [0.15, 0.2) is 0 Å². The number of nitrogens with zero attached hydrogens (tertiary/aromatic N) is 1. The highest BCUT2D eigenvalue weighted by Gasteiger charge is 2.26. The van der Waals surface area contributed by atoms with Gasteiger partial charge in [-0.25, -0.2) is 0 Å². The zero-order valence-electron chi connectivity index (χ0n) is 10.9. The van der Waals surface area contributed by atoms with Crippen molar-refractivity contribution in [3.8, 4) is 0 Å². The molecular weight excluding hydrogens is 308 g/mol. The molecule has 0 atom stereocenters. The van der Waals surface area contributed by atoms with Crippen molar-refractivity contribution in [1.82, 2.24) is 0 Å². The van der Waals surface area contributed by atoms with Crippen molar-refractivity contribution < 1.29 is 9.72 Å². The van der Waals surface area contributed by atoms with Gasteiger partial charge in [0.25, 0.3) is 11.6 Å². The minimum absolute atomic E-state index is 0.0334. The van der Waals surface area contributed by atoms with Gasteiger partial charge in [-0.05, 0) is 24.6 Å². The lowest BCUT2D eigenvalue weighted by Gasteiger charge is -1.99. The lowest BCUT2D eigenvalue weighted by Crippen LogP contribution is -2.03. The molecule has 7 heteroatoms. The van der Waals surface area contributed by atoms with E-state index in [2.05, 4.69) is 17.9 Å². The van der Waals surface area contributed by atoms with E-state index in [0.717, 1.165) is 15.3 Å². The molecule has 106 valence electrons. The van der Waals surface area contributed by atoms with Crippen LogP contribution in [0, 0.1) is 17.0 Å². The maximum atomic E-state index is 12.1. The molecule has 1 N–H and O–H groups in total. The minimum Gasteiger partial charge on any atom is -0.321 e. The van der Waals surface area contributed by atoms with Crippen molar-refractivity contribution >= 4 is 52.9 Å². The Balaban J connectivity index is 2.13. The highest BCUT2D eigenvalue weighted by Crippen LogP contribution is 2.37. The highest BCUT2D eigenvalue weighted by atomic mass is 32.1. The van der Waals surface area contributed by atoms with Crippen LogP contribution in [0.3, 0.4) is 0 Å². The number of carbonyl (C=O) groups is 1. The normalized spacial score (nSPS) is 15.1. The van der Waals surface area contributed by atoms with Crippen LogP contribution in [0.25, 0.3) is 11.6 Å². The summed E-state index contributed by atoms with van der Waals surface area (Å²) in [5, 5.41) is 15.5. The molecule has 1 aliphatic rings. The number of thiophene rings is 1. The molecule has 3 rings (SSSR count). The second-order valence-electron chi connectivity index (χ2n) is 4.61. The molecule has 1 aromatic heterocycles. The molecule has 0 bridgehead atoms. The van der Waals surface area contributed by atoms with Crippen molar-refractivity contribution in [3.63, 3.8) is 0 Å². The average Bonchev–Trinajstić information content (AvgIpc) is 2.93. The van der Waals surface area contributed by atoms with Gasteiger partial charge in [0.2, 0.25) is 0 Å². The summed E-state index contributed by atoms with van der Waals surface area (Å²) < 4.78 is 0. The first-order chi connectivity index (χ1) is 9.97. The minimum atomic E-state index is -0.469. The van der Waals surface area contributed by atoms with Gasteiger partial charge in [0, 0.05) is 38.5 Å². The first-order valence-electron chi connectivity index (χ1n) is 6.06. The number of nitrogens with one attached hydrogen (secondary N) is 1. The Morgan fingerprint density at radius 3 is 2.81 bits per heavy atom. The third-order valence-corrected chi connectivity index (χ3v) is 4.99. The Hall–Kier alpha value is -2.12. The summed E-state index contributed by atoms with van der Waals surface area (Å²) in [7, 11) is 0. The molecule has 0 aliphatic carbocycles. The van der Waals surface area contributed by atoms with E-state index < -0.39 is 4.92 Å². The summed E-state index contributed by atoms with van der Waals surface area (Å²) in [6.45, 7) is 1.92. The highest BCUT2D eigenvalue weighted by molar-refractivity contribution is 7.80. The SMILES string of the molecule is Cc1c(S)csc1/C=C1\C(=O)Nc2ccc([N+](=O)[O-])cc21. The third kappa shape index (κ3) is 2.34. The van der Waals surface area contributed by atoms with Crippen LogP contribution < -0.4 is 5.32 Å². The molecule has 21 heavy (non-hydrogen) atoms. The van der Waals surface area contributed by atoms with Gasteiger partial charge in [0.05, 0.1) is 10.5 Å². The number of anilines is 1. The molecule has 2 aromatic rings. The van der Waals surface area contributed by atoms with Gasteiger partial charge in [-0.3, -0.25) is 14.9 Å². The van der Waals surface area contributed by atoms with Crippen molar-refractivity contribution in [2.45, 2.75) is 11.8 Å². The van der Waals surface area contributed by atoms with E-state index in [-0.39, 0.29) is 11.6 Å². The van der Waals surface area contributed by atoms with Crippen molar-refractivity contribution in [3.05, 3.63) is 49.7 Å². The fourth-order valence-electron chi connectivity index (χ4n) is 2.13. The summed E-state index contributed by atoms with van der Waals surface area (Å²) in [6.07, 6.45) is 1.75. The van der Waals surface area contributed by atoms with Crippen LogP contribution in [0.2, 0.25) is 0 Å². The van der Waals surface area contributed by atoms with Crippen LogP contribution in [-0.2, 0) is 4.79 Å². The Kier molecular flexibility index (Phi) is 3.30. The number of benzene rings is 1. The van der Waals surface area contributed by atoms with E-state index in [4.69, 9.17) is 0 Å². The van der Waals surface area contributed by atoms with E-state index in [1.165, 1.54) is 23.5 Å². The Morgan fingerprint density at radius 2 is 2.19 bits per heavy atom. The number of rotatable bonds is 2. The molecule has 5 nitrogen and oxygen atoms in total. The second kappa shape index (κ2) is 5.01. The fraction of sp³-hybridized carbons (Fsp3) is 0.0714. The Bertz CT molecular complexity index is 809. The molecule has 0 saturated carbocycles. The standard InChI is InChI=1S/C14H10N2O3S2/c1-7-12(20)6-21-13(7)5-10-9-4-8(16(18)19)2-3-11(9)15-14(10)17/h2-6,20H,1H3,(H,15,17)/b10-5-. The lowest BCUT2D eigenvalue weighted by atomic mass is 10.1. The van der Waals surface area contributed by atoms with Gasteiger partial charge in [-0.15, -0.1) is 24.0 Å². The third-order valence-electron chi connectivity index (χ3n) is 3.32. The number of hydrogen-bond donors (Lipinski definition) is 2. The van der Waals surface area contributed by atoms with E-state index in [0.29, 0.717) is 16.8 Å². The summed E-state index contributed by atoms with van der Waals surface area (Å²) in [5.74, 6) is -0.251. The molecule has 0 saturated heterocycles. The average molecular weight is 318 g/mol. The van der Waals surface area contributed by atoms with Gasteiger partial charge in [-0.2, -0.15) is 0 Å². The van der Waals surface area contributed by atoms with Crippen LogP contribution in [0.1, 0.15) is 16.0 Å². The number of carbonyl (C=O) groups excluding carboxylic acids is 1. The van der Waals surface area contributed by atoms with Gasteiger partial charge in [-0.1, -0.05) is 0 Å². The molecule has 0 unspecified atom stereocenters. The molecular formula is C14H10N2O3S2. The number of nitro groups is 1. The summed E-state index contributed by atoms with van der Waals surface area (Å²) in [6, 6.07) is 4.35. The zero-order chi connectivity index (χ0) is 15.1. The second-order valence-corrected chi connectivity index (χ2v) is 6.00. The van der Waals surface area contributed by atoms with Crippen LogP contribution in [0.15, 0.2) is 28.5 Å². The largest absolute Gasteiger partial charge is 0.321 e. The topological polar surface area (TPSA) is 72.2 Å². The first-order valence-corrected chi connectivity index (χ1v) is 7.39. The van der Waals surface area contributed by atoms with Crippen LogP contribution >= 0.6 is 24.0 Å². The van der Waals surface area contributed by atoms with Crippen molar-refractivity contribution in [2.75, 3.05) is 5.32 Å². The predicted octanol–water partition coefficient (Wildman–Crippen LogP) is 3.75. The summed E-state index contributed by atoms with van der Waals surface area (Å²) in [4.78, 5) is 24.3. The number of thiol groups is 1. The molecule has 0 spiro atoms. The van der Waals surface area contributed by atoms with Crippen LogP contribution in [0.5, 0.6) is 0 Å². The number of fused-ring (bicyclic) bond motifs is 1. The molecule has 2 heterocycles. The number of amides is 1. The number of nitro benzene ring substituents is 1. The van der Waals surface area contributed by atoms with E-state index in [9.17, 15) is 14.9 Å². The van der Waals surface area contributed by atoms with Gasteiger partial charge >= 0.3 is 0 Å². The first kappa shape index (κ1) is 13.8. The maximum Gasteiger partial charge on any atom is 0.270 e. The molecule has 0 fully saturated rings. The van der Waals surface area contributed by atoms with Crippen molar-refractivity contribution in [1.29, 1.82) is 0 Å². The van der Waals surface area contributed by atoms with Crippen molar-refractivity contribution in [2.24, 2.45) is 0 Å². The molecule has 1 aromatic carbocycles. The predicted molar refractivity (Wildman–Crippen MR) is 85.9 cm³/mol. The Morgan fingerprint density at radius 1 is 1.43 bits per heavy atom.